The molecule has 2 rings (SSSR count). The van der Waals surface area contributed by atoms with Gasteiger partial charge in [-0.05, 0) is 58.0 Å². The van der Waals surface area contributed by atoms with Crippen molar-refractivity contribution in [1.29, 1.82) is 0 Å². The van der Waals surface area contributed by atoms with Crippen LogP contribution in [0.15, 0.2) is 36.4 Å². The summed E-state index contributed by atoms with van der Waals surface area (Å²) < 4.78 is 12.4. The quantitative estimate of drug-likeness (QED) is 0.414. The lowest BCUT2D eigenvalue weighted by Gasteiger charge is -2.32. The Morgan fingerprint density at radius 3 is 2.26 bits per heavy atom. The van der Waals surface area contributed by atoms with Crippen molar-refractivity contribution < 1.29 is 9.31 Å². The van der Waals surface area contributed by atoms with Gasteiger partial charge >= 0.3 is 7.12 Å². The molecule has 1 heterocycles. The number of hydrogen-bond acceptors (Lipinski definition) is 2. The highest BCUT2D eigenvalue weighted by Gasteiger charge is 2.52. The average molecular weight is 314 g/mol. The Labute approximate surface area is 142 Å². The molecular formula is C20H31BO2. The fourth-order valence-corrected chi connectivity index (χ4v) is 2.76. The first-order chi connectivity index (χ1) is 10.9. The maximum absolute atomic E-state index is 6.20. The molecular weight excluding hydrogens is 283 g/mol. The second-order valence-corrected chi connectivity index (χ2v) is 7.46. The lowest BCUT2D eigenvalue weighted by molar-refractivity contribution is 0.00578. The molecule has 0 radical (unpaired) electrons. The number of benzene rings is 1. The zero-order valence-electron chi connectivity index (χ0n) is 15.4. The maximum atomic E-state index is 6.20. The van der Waals surface area contributed by atoms with Crippen LogP contribution in [-0.4, -0.2) is 18.3 Å². The topological polar surface area (TPSA) is 18.5 Å². The SMILES string of the molecule is CCCCC/C=C\Cc1ccccc1B1OC(C)(C)C(C)(C)O1. The summed E-state index contributed by atoms with van der Waals surface area (Å²) in [5.74, 6) is 0. The molecule has 1 saturated heterocycles. The summed E-state index contributed by atoms with van der Waals surface area (Å²) in [7, 11) is -0.273. The molecule has 1 aliphatic rings. The first-order valence-corrected chi connectivity index (χ1v) is 8.96. The molecule has 1 fully saturated rings. The number of rotatable bonds is 7. The molecule has 2 nitrogen and oxygen atoms in total. The predicted octanol–water partition coefficient (Wildman–Crippen LogP) is 4.66. The van der Waals surface area contributed by atoms with E-state index in [0.29, 0.717) is 0 Å². The molecule has 1 aromatic carbocycles. The normalized spacial score (nSPS) is 19.6. The van der Waals surface area contributed by atoms with Crippen molar-refractivity contribution in [2.45, 2.75) is 77.9 Å². The molecule has 0 amide bonds. The summed E-state index contributed by atoms with van der Waals surface area (Å²) in [6.45, 7) is 10.6. The Morgan fingerprint density at radius 2 is 1.61 bits per heavy atom. The smallest absolute Gasteiger partial charge is 0.399 e. The van der Waals surface area contributed by atoms with Gasteiger partial charge in [0.15, 0.2) is 0 Å². The second-order valence-electron chi connectivity index (χ2n) is 7.46. The summed E-state index contributed by atoms with van der Waals surface area (Å²) in [4.78, 5) is 0. The molecule has 0 bridgehead atoms. The van der Waals surface area contributed by atoms with Crippen molar-refractivity contribution in [2.24, 2.45) is 0 Å². The van der Waals surface area contributed by atoms with E-state index in [4.69, 9.17) is 9.31 Å². The molecule has 0 saturated carbocycles. The molecule has 0 N–H and O–H groups in total. The van der Waals surface area contributed by atoms with Gasteiger partial charge in [-0.2, -0.15) is 0 Å². The first-order valence-electron chi connectivity index (χ1n) is 8.96. The van der Waals surface area contributed by atoms with Gasteiger partial charge in [0.1, 0.15) is 0 Å². The second kappa shape index (κ2) is 7.68. The van der Waals surface area contributed by atoms with Crippen molar-refractivity contribution in [1.82, 2.24) is 0 Å². The molecule has 1 aromatic rings. The summed E-state index contributed by atoms with van der Waals surface area (Å²) in [5.41, 5.74) is 1.86. The molecule has 3 heteroatoms. The summed E-state index contributed by atoms with van der Waals surface area (Å²) >= 11 is 0. The Morgan fingerprint density at radius 1 is 0.957 bits per heavy atom. The van der Waals surface area contributed by atoms with Crippen LogP contribution in [0.1, 0.15) is 65.9 Å². The minimum Gasteiger partial charge on any atom is -0.399 e. The van der Waals surface area contributed by atoms with E-state index in [0.717, 1.165) is 11.9 Å². The predicted molar refractivity (Wildman–Crippen MR) is 99.1 cm³/mol. The third-order valence-corrected chi connectivity index (χ3v) is 5.04. The van der Waals surface area contributed by atoms with Crippen molar-refractivity contribution in [3.63, 3.8) is 0 Å². The van der Waals surface area contributed by atoms with Crippen LogP contribution in [0.3, 0.4) is 0 Å². The maximum Gasteiger partial charge on any atom is 0.495 e. The first kappa shape index (κ1) is 18.3. The van der Waals surface area contributed by atoms with Gasteiger partial charge in [-0.1, -0.05) is 56.2 Å². The molecule has 0 aromatic heterocycles. The van der Waals surface area contributed by atoms with Crippen LogP contribution in [-0.2, 0) is 15.7 Å². The monoisotopic (exact) mass is 314 g/mol. The van der Waals surface area contributed by atoms with Gasteiger partial charge in [0, 0.05) is 0 Å². The Hall–Kier alpha value is -1.06. The fraction of sp³-hybridized carbons (Fsp3) is 0.600. The number of allylic oxidation sites excluding steroid dienone is 2. The van der Waals surface area contributed by atoms with Crippen LogP contribution < -0.4 is 5.46 Å². The van der Waals surface area contributed by atoms with Crippen LogP contribution >= 0.6 is 0 Å². The van der Waals surface area contributed by atoms with Crippen LogP contribution in [0.25, 0.3) is 0 Å². The number of hydrogen-bond donors (Lipinski definition) is 0. The van der Waals surface area contributed by atoms with E-state index < -0.39 is 0 Å². The minimum absolute atomic E-state index is 0.273. The molecule has 0 atom stereocenters. The van der Waals surface area contributed by atoms with Crippen molar-refractivity contribution in [2.75, 3.05) is 0 Å². The van der Waals surface area contributed by atoms with E-state index in [1.165, 1.54) is 31.2 Å². The number of unbranched alkanes of at least 4 members (excludes halogenated alkanes) is 3. The van der Waals surface area contributed by atoms with E-state index in [2.05, 4.69) is 71.0 Å². The van der Waals surface area contributed by atoms with E-state index in [1.54, 1.807) is 0 Å². The highest BCUT2D eigenvalue weighted by atomic mass is 16.7. The van der Waals surface area contributed by atoms with E-state index in [1.807, 2.05) is 0 Å². The van der Waals surface area contributed by atoms with Gasteiger partial charge in [-0.25, -0.2) is 0 Å². The highest BCUT2D eigenvalue weighted by molar-refractivity contribution is 6.62. The standard InChI is InChI=1S/C20H31BO2/c1-6-7-8-9-10-11-14-17-15-12-13-16-18(17)21-22-19(2,3)20(4,5)23-21/h10-13,15-16H,6-9,14H2,1-5H3/b11-10-. The van der Waals surface area contributed by atoms with Crippen LogP contribution in [0.5, 0.6) is 0 Å². The molecule has 23 heavy (non-hydrogen) atoms. The van der Waals surface area contributed by atoms with E-state index in [-0.39, 0.29) is 18.3 Å². The average Bonchev–Trinajstić information content (AvgIpc) is 2.71. The lowest BCUT2D eigenvalue weighted by Crippen LogP contribution is -2.41. The van der Waals surface area contributed by atoms with Crippen molar-refractivity contribution in [3.05, 3.63) is 42.0 Å². The van der Waals surface area contributed by atoms with E-state index >= 15 is 0 Å². The van der Waals surface area contributed by atoms with Gasteiger partial charge in [-0.15, -0.1) is 0 Å². The van der Waals surface area contributed by atoms with Gasteiger partial charge in [0.05, 0.1) is 11.2 Å². The molecule has 126 valence electrons. The molecule has 0 aliphatic carbocycles. The Balaban J connectivity index is 2.04. The zero-order valence-corrected chi connectivity index (χ0v) is 15.4. The lowest BCUT2D eigenvalue weighted by atomic mass is 9.75. The van der Waals surface area contributed by atoms with Gasteiger partial charge < -0.3 is 9.31 Å². The highest BCUT2D eigenvalue weighted by Crippen LogP contribution is 2.36. The van der Waals surface area contributed by atoms with Gasteiger partial charge in [-0.3, -0.25) is 0 Å². The van der Waals surface area contributed by atoms with Crippen molar-refractivity contribution in [3.8, 4) is 0 Å². The van der Waals surface area contributed by atoms with Crippen molar-refractivity contribution >= 4 is 12.6 Å². The molecule has 0 unspecified atom stereocenters. The Kier molecular flexibility index (Phi) is 6.10. The largest absolute Gasteiger partial charge is 0.495 e. The van der Waals surface area contributed by atoms with Crippen LogP contribution in [0, 0.1) is 0 Å². The summed E-state index contributed by atoms with van der Waals surface area (Å²) in [6.07, 6.45) is 10.6. The van der Waals surface area contributed by atoms with Gasteiger partial charge in [0.2, 0.25) is 0 Å². The molecule has 0 spiro atoms. The minimum atomic E-state index is -0.291. The van der Waals surface area contributed by atoms with Crippen LogP contribution in [0.2, 0.25) is 0 Å². The zero-order chi connectivity index (χ0) is 16.9. The van der Waals surface area contributed by atoms with Crippen LogP contribution in [0.4, 0.5) is 0 Å². The summed E-state index contributed by atoms with van der Waals surface area (Å²) in [6, 6.07) is 8.46. The fourth-order valence-electron chi connectivity index (χ4n) is 2.76. The molecule has 1 aliphatic heterocycles. The summed E-state index contributed by atoms with van der Waals surface area (Å²) in [5, 5.41) is 0. The Bertz CT molecular complexity index is 518. The third kappa shape index (κ3) is 4.48. The van der Waals surface area contributed by atoms with Gasteiger partial charge in [0.25, 0.3) is 0 Å². The third-order valence-electron chi connectivity index (χ3n) is 5.04. The van der Waals surface area contributed by atoms with E-state index in [9.17, 15) is 0 Å².